The zero-order chi connectivity index (χ0) is 17.2. The van der Waals surface area contributed by atoms with Gasteiger partial charge in [-0.15, -0.1) is 0 Å². The maximum atomic E-state index is 12.0. The summed E-state index contributed by atoms with van der Waals surface area (Å²) in [6.45, 7) is 0.978. The highest BCUT2D eigenvalue weighted by Gasteiger charge is 2.54. The van der Waals surface area contributed by atoms with Crippen LogP contribution in [0.4, 0.5) is 4.79 Å². The second kappa shape index (κ2) is 6.89. The lowest BCUT2D eigenvalue weighted by molar-refractivity contribution is 0.170. The SMILES string of the molecule is O=C(NCC(O)Cc1ccccc1)NCC1C2Cc3ccccc3C12. The van der Waals surface area contributed by atoms with Gasteiger partial charge in [0, 0.05) is 19.5 Å². The van der Waals surface area contributed by atoms with Crippen LogP contribution in [0.2, 0.25) is 0 Å². The van der Waals surface area contributed by atoms with Gasteiger partial charge in [0.25, 0.3) is 0 Å². The fourth-order valence-electron chi connectivity index (χ4n) is 4.20. The second-order valence-corrected chi connectivity index (χ2v) is 7.19. The molecule has 0 saturated heterocycles. The molecule has 1 saturated carbocycles. The van der Waals surface area contributed by atoms with Gasteiger partial charge in [0.1, 0.15) is 0 Å². The Labute approximate surface area is 148 Å². The summed E-state index contributed by atoms with van der Waals surface area (Å²) >= 11 is 0. The molecule has 0 radical (unpaired) electrons. The highest BCUT2D eigenvalue weighted by Crippen LogP contribution is 2.60. The molecule has 2 aromatic rings. The number of nitrogens with one attached hydrogen (secondary N) is 2. The molecule has 4 rings (SSSR count). The number of hydrogen-bond donors (Lipinski definition) is 3. The molecular weight excluding hydrogens is 312 g/mol. The number of hydrogen-bond acceptors (Lipinski definition) is 2. The van der Waals surface area contributed by atoms with Crippen molar-refractivity contribution in [2.24, 2.45) is 11.8 Å². The van der Waals surface area contributed by atoms with Crippen LogP contribution in [-0.4, -0.2) is 30.3 Å². The smallest absolute Gasteiger partial charge is 0.314 e. The van der Waals surface area contributed by atoms with Gasteiger partial charge < -0.3 is 15.7 Å². The van der Waals surface area contributed by atoms with Crippen molar-refractivity contribution in [3.05, 3.63) is 71.3 Å². The normalized spacial score (nSPS) is 24.1. The first-order valence-electron chi connectivity index (χ1n) is 9.04. The van der Waals surface area contributed by atoms with E-state index < -0.39 is 6.10 Å². The first-order chi connectivity index (χ1) is 12.2. The van der Waals surface area contributed by atoms with Crippen molar-refractivity contribution in [3.63, 3.8) is 0 Å². The molecule has 4 heteroatoms. The summed E-state index contributed by atoms with van der Waals surface area (Å²) < 4.78 is 0. The number of fused-ring (bicyclic) bond motifs is 3. The molecular formula is C21H24N2O2. The van der Waals surface area contributed by atoms with E-state index in [1.165, 1.54) is 11.1 Å². The minimum Gasteiger partial charge on any atom is -0.391 e. The number of amides is 2. The van der Waals surface area contributed by atoms with Gasteiger partial charge in [-0.2, -0.15) is 0 Å². The number of carbonyl (C=O) groups is 1. The standard InChI is InChI=1S/C21H24N2O2/c24-16(10-14-6-2-1-3-7-14)12-22-21(25)23-13-19-18-11-15-8-4-5-9-17(15)20(18)19/h1-9,16,18-20,24H,10-13H2,(H2,22,23,25). The van der Waals surface area contributed by atoms with Crippen LogP contribution < -0.4 is 10.6 Å². The lowest BCUT2D eigenvalue weighted by Gasteiger charge is -2.13. The zero-order valence-electron chi connectivity index (χ0n) is 14.2. The Balaban J connectivity index is 1.17. The Bertz CT molecular complexity index is 747. The summed E-state index contributed by atoms with van der Waals surface area (Å²) in [5, 5.41) is 15.8. The number of carbonyl (C=O) groups excluding carboxylic acids is 1. The lowest BCUT2D eigenvalue weighted by atomic mass is 10.0. The Hall–Kier alpha value is -2.33. The average Bonchev–Trinajstić information content (AvgIpc) is 3.17. The predicted octanol–water partition coefficient (Wildman–Crippen LogP) is 2.48. The van der Waals surface area contributed by atoms with Crippen molar-refractivity contribution < 1.29 is 9.90 Å². The molecule has 4 atom stereocenters. The number of rotatable bonds is 6. The minimum atomic E-state index is -0.569. The van der Waals surface area contributed by atoms with Crippen molar-refractivity contribution in [1.82, 2.24) is 10.6 Å². The molecule has 4 nitrogen and oxygen atoms in total. The largest absolute Gasteiger partial charge is 0.391 e. The monoisotopic (exact) mass is 336 g/mol. The highest BCUT2D eigenvalue weighted by molar-refractivity contribution is 5.74. The van der Waals surface area contributed by atoms with Crippen molar-refractivity contribution >= 4 is 6.03 Å². The van der Waals surface area contributed by atoms with E-state index in [9.17, 15) is 9.90 Å². The van der Waals surface area contributed by atoms with Gasteiger partial charge in [0.05, 0.1) is 6.10 Å². The molecule has 0 aliphatic heterocycles. The number of urea groups is 1. The molecule has 3 N–H and O–H groups in total. The first kappa shape index (κ1) is 16.2. The third-order valence-electron chi connectivity index (χ3n) is 5.51. The summed E-state index contributed by atoms with van der Waals surface area (Å²) in [5.74, 6) is 1.89. The van der Waals surface area contributed by atoms with Crippen molar-refractivity contribution in [1.29, 1.82) is 0 Å². The summed E-state index contributed by atoms with van der Waals surface area (Å²) in [6, 6.07) is 18.3. The van der Waals surface area contributed by atoms with Crippen LogP contribution in [0, 0.1) is 11.8 Å². The maximum absolute atomic E-state index is 12.0. The number of aliphatic hydroxyl groups is 1. The molecule has 2 aromatic carbocycles. The molecule has 2 aliphatic carbocycles. The van der Waals surface area contributed by atoms with E-state index in [0.29, 0.717) is 30.7 Å². The van der Waals surface area contributed by atoms with Gasteiger partial charge >= 0.3 is 6.03 Å². The van der Waals surface area contributed by atoms with E-state index in [2.05, 4.69) is 34.9 Å². The van der Waals surface area contributed by atoms with Gasteiger partial charge in [0.15, 0.2) is 0 Å². The fourth-order valence-corrected chi connectivity index (χ4v) is 4.20. The van der Waals surface area contributed by atoms with E-state index in [0.717, 1.165) is 12.0 Å². The third-order valence-corrected chi connectivity index (χ3v) is 5.51. The van der Waals surface area contributed by atoms with Crippen molar-refractivity contribution in [2.45, 2.75) is 24.9 Å². The van der Waals surface area contributed by atoms with Crippen molar-refractivity contribution in [2.75, 3.05) is 13.1 Å². The van der Waals surface area contributed by atoms with E-state index in [-0.39, 0.29) is 12.6 Å². The molecule has 0 bridgehead atoms. The molecule has 130 valence electrons. The Morgan fingerprint density at radius 1 is 1.08 bits per heavy atom. The van der Waals surface area contributed by atoms with Crippen LogP contribution in [-0.2, 0) is 12.8 Å². The summed E-state index contributed by atoms with van der Waals surface area (Å²) in [7, 11) is 0. The molecule has 0 heterocycles. The fraction of sp³-hybridized carbons (Fsp3) is 0.381. The number of aliphatic hydroxyl groups excluding tert-OH is 1. The first-order valence-corrected chi connectivity index (χ1v) is 9.04. The maximum Gasteiger partial charge on any atom is 0.314 e. The molecule has 0 aromatic heterocycles. The molecule has 2 amide bonds. The average molecular weight is 336 g/mol. The van der Waals surface area contributed by atoms with Gasteiger partial charge in [-0.3, -0.25) is 0 Å². The highest BCUT2D eigenvalue weighted by atomic mass is 16.3. The second-order valence-electron chi connectivity index (χ2n) is 7.19. The molecule has 0 spiro atoms. The molecule has 2 aliphatic rings. The van der Waals surface area contributed by atoms with Crippen molar-refractivity contribution in [3.8, 4) is 0 Å². The van der Waals surface area contributed by atoms with Gasteiger partial charge in [-0.25, -0.2) is 4.79 Å². The Kier molecular flexibility index (Phi) is 4.45. The van der Waals surface area contributed by atoms with E-state index in [1.807, 2.05) is 30.3 Å². The van der Waals surface area contributed by atoms with Gasteiger partial charge in [-0.1, -0.05) is 54.6 Å². The lowest BCUT2D eigenvalue weighted by Crippen LogP contribution is -2.41. The van der Waals surface area contributed by atoms with E-state index in [1.54, 1.807) is 0 Å². The van der Waals surface area contributed by atoms with Crippen LogP contribution in [0.15, 0.2) is 54.6 Å². The van der Waals surface area contributed by atoms with Crippen LogP contribution in [0.25, 0.3) is 0 Å². The predicted molar refractivity (Wildman–Crippen MR) is 97.4 cm³/mol. The number of benzene rings is 2. The molecule has 4 unspecified atom stereocenters. The quantitative estimate of drug-likeness (QED) is 0.759. The Morgan fingerprint density at radius 2 is 1.84 bits per heavy atom. The van der Waals surface area contributed by atoms with Crippen LogP contribution in [0.1, 0.15) is 22.6 Å². The van der Waals surface area contributed by atoms with Gasteiger partial charge in [0.2, 0.25) is 0 Å². The molecule has 1 fully saturated rings. The molecule has 25 heavy (non-hydrogen) atoms. The van der Waals surface area contributed by atoms with E-state index in [4.69, 9.17) is 0 Å². The summed E-state index contributed by atoms with van der Waals surface area (Å²) in [6.07, 6.45) is 1.12. The minimum absolute atomic E-state index is 0.189. The van der Waals surface area contributed by atoms with Crippen LogP contribution in [0.5, 0.6) is 0 Å². The van der Waals surface area contributed by atoms with Crippen LogP contribution in [0.3, 0.4) is 0 Å². The zero-order valence-corrected chi connectivity index (χ0v) is 14.2. The summed E-state index contributed by atoms with van der Waals surface area (Å²) in [5.41, 5.74) is 4.02. The van der Waals surface area contributed by atoms with Gasteiger partial charge in [-0.05, 0) is 40.9 Å². The topological polar surface area (TPSA) is 61.4 Å². The third kappa shape index (κ3) is 3.54. The van der Waals surface area contributed by atoms with E-state index >= 15 is 0 Å². The Morgan fingerprint density at radius 3 is 2.68 bits per heavy atom. The van der Waals surface area contributed by atoms with Crippen LogP contribution >= 0.6 is 0 Å². The summed E-state index contributed by atoms with van der Waals surface area (Å²) in [4.78, 5) is 12.0.